The third-order valence-electron chi connectivity index (χ3n) is 3.17. The second kappa shape index (κ2) is 8.39. The van der Waals surface area contributed by atoms with Crippen LogP contribution in [0.2, 0.25) is 0 Å². The van der Waals surface area contributed by atoms with Gasteiger partial charge in [-0.2, -0.15) is 0 Å². The lowest BCUT2D eigenvalue weighted by Crippen LogP contribution is -2.42. The summed E-state index contributed by atoms with van der Waals surface area (Å²) in [7, 11) is 0. The number of carbonyl (C=O) groups excluding carboxylic acids is 3. The average molecular weight is 342 g/mol. The SMILES string of the molecule is O=C[C@@H](OC(=O)c1ccccc1)C(OC(=O)c1ccccc1)C(=O)O. The summed E-state index contributed by atoms with van der Waals surface area (Å²) in [5.74, 6) is -3.46. The second-order valence-electron chi connectivity index (χ2n) is 4.90. The maximum Gasteiger partial charge on any atom is 0.349 e. The zero-order chi connectivity index (χ0) is 18.2. The van der Waals surface area contributed by atoms with E-state index < -0.39 is 30.1 Å². The molecule has 0 saturated carbocycles. The van der Waals surface area contributed by atoms with Gasteiger partial charge in [-0.1, -0.05) is 36.4 Å². The smallest absolute Gasteiger partial charge is 0.349 e. The number of hydrogen-bond donors (Lipinski definition) is 1. The zero-order valence-electron chi connectivity index (χ0n) is 12.9. The number of aliphatic carboxylic acids is 1. The van der Waals surface area contributed by atoms with E-state index in [4.69, 9.17) is 9.47 Å². The van der Waals surface area contributed by atoms with Crippen molar-refractivity contribution in [2.75, 3.05) is 0 Å². The molecular formula is C18H14O7. The molecule has 0 spiro atoms. The van der Waals surface area contributed by atoms with Crippen molar-refractivity contribution in [1.82, 2.24) is 0 Å². The number of benzene rings is 2. The number of carbonyl (C=O) groups is 4. The van der Waals surface area contributed by atoms with E-state index in [-0.39, 0.29) is 17.4 Å². The van der Waals surface area contributed by atoms with Crippen LogP contribution in [0.5, 0.6) is 0 Å². The number of carboxylic acid groups (broad SMARTS) is 1. The fourth-order valence-corrected chi connectivity index (χ4v) is 1.94. The largest absolute Gasteiger partial charge is 0.478 e. The fraction of sp³-hybridized carbons (Fsp3) is 0.111. The summed E-state index contributed by atoms with van der Waals surface area (Å²) in [4.78, 5) is 46.5. The molecule has 0 saturated heterocycles. The minimum Gasteiger partial charge on any atom is -0.478 e. The van der Waals surface area contributed by atoms with Gasteiger partial charge >= 0.3 is 17.9 Å². The quantitative estimate of drug-likeness (QED) is 0.603. The maximum atomic E-state index is 12.0. The van der Waals surface area contributed by atoms with E-state index in [0.29, 0.717) is 0 Å². The molecule has 0 bridgehead atoms. The lowest BCUT2D eigenvalue weighted by molar-refractivity contribution is -0.155. The normalized spacial score (nSPS) is 12.5. The molecule has 0 aromatic heterocycles. The molecule has 1 N–H and O–H groups in total. The van der Waals surface area contributed by atoms with Crippen molar-refractivity contribution in [3.8, 4) is 0 Å². The van der Waals surface area contributed by atoms with E-state index >= 15 is 0 Å². The summed E-state index contributed by atoms with van der Waals surface area (Å²) in [5.41, 5.74) is 0.237. The summed E-state index contributed by atoms with van der Waals surface area (Å²) >= 11 is 0. The fourth-order valence-electron chi connectivity index (χ4n) is 1.94. The van der Waals surface area contributed by atoms with Gasteiger partial charge < -0.3 is 14.6 Å². The van der Waals surface area contributed by atoms with Crippen LogP contribution in [0.1, 0.15) is 20.7 Å². The highest BCUT2D eigenvalue weighted by Crippen LogP contribution is 2.11. The Morgan fingerprint density at radius 1 is 0.800 bits per heavy atom. The average Bonchev–Trinajstić information content (AvgIpc) is 2.65. The first kappa shape index (κ1) is 17.9. The summed E-state index contributed by atoms with van der Waals surface area (Å²) in [6, 6.07) is 15.4. The number of ether oxygens (including phenoxy) is 2. The van der Waals surface area contributed by atoms with Gasteiger partial charge in [-0.3, -0.25) is 4.79 Å². The van der Waals surface area contributed by atoms with Gasteiger partial charge in [-0.05, 0) is 24.3 Å². The Hall–Kier alpha value is -3.48. The van der Waals surface area contributed by atoms with E-state index in [1.165, 1.54) is 24.3 Å². The van der Waals surface area contributed by atoms with Crippen LogP contribution in [-0.4, -0.2) is 41.5 Å². The van der Waals surface area contributed by atoms with Crippen LogP contribution in [0.4, 0.5) is 0 Å². The van der Waals surface area contributed by atoms with Crippen LogP contribution in [0.3, 0.4) is 0 Å². The van der Waals surface area contributed by atoms with E-state index in [0.717, 1.165) is 0 Å². The van der Waals surface area contributed by atoms with E-state index in [1.54, 1.807) is 36.4 Å². The third-order valence-corrected chi connectivity index (χ3v) is 3.17. The molecule has 7 heteroatoms. The summed E-state index contributed by atoms with van der Waals surface area (Å²) in [6.45, 7) is 0. The molecule has 0 heterocycles. The number of rotatable bonds is 7. The highest BCUT2D eigenvalue weighted by atomic mass is 16.6. The van der Waals surface area contributed by atoms with Gasteiger partial charge in [0.05, 0.1) is 11.1 Å². The molecule has 2 rings (SSSR count). The van der Waals surface area contributed by atoms with Crippen LogP contribution < -0.4 is 0 Å². The van der Waals surface area contributed by atoms with Crippen molar-refractivity contribution in [3.63, 3.8) is 0 Å². The molecule has 1 unspecified atom stereocenters. The lowest BCUT2D eigenvalue weighted by Gasteiger charge is -2.19. The van der Waals surface area contributed by atoms with Crippen LogP contribution in [-0.2, 0) is 19.1 Å². The molecule has 0 amide bonds. The molecule has 0 aliphatic carbocycles. The first-order valence-electron chi connectivity index (χ1n) is 7.23. The van der Waals surface area contributed by atoms with E-state index in [9.17, 15) is 24.3 Å². The Labute approximate surface area is 142 Å². The van der Waals surface area contributed by atoms with Crippen molar-refractivity contribution in [1.29, 1.82) is 0 Å². The molecule has 2 aromatic carbocycles. The Bertz CT molecular complexity index is 756. The van der Waals surface area contributed by atoms with E-state index in [1.807, 2.05) is 0 Å². The predicted octanol–water partition coefficient (Wildman–Crippen LogP) is 1.72. The monoisotopic (exact) mass is 342 g/mol. The highest BCUT2D eigenvalue weighted by molar-refractivity contribution is 5.93. The van der Waals surface area contributed by atoms with Crippen LogP contribution >= 0.6 is 0 Å². The van der Waals surface area contributed by atoms with Crippen molar-refractivity contribution in [3.05, 3.63) is 71.8 Å². The minimum atomic E-state index is -1.96. The van der Waals surface area contributed by atoms with Gasteiger partial charge in [0.25, 0.3) is 0 Å². The highest BCUT2D eigenvalue weighted by Gasteiger charge is 2.35. The summed E-state index contributed by atoms with van der Waals surface area (Å²) in [5, 5.41) is 9.23. The van der Waals surface area contributed by atoms with Gasteiger partial charge in [-0.15, -0.1) is 0 Å². The van der Waals surface area contributed by atoms with Crippen LogP contribution in [0.25, 0.3) is 0 Å². The molecular weight excluding hydrogens is 328 g/mol. The molecule has 0 aliphatic heterocycles. The Morgan fingerprint density at radius 3 is 1.64 bits per heavy atom. The van der Waals surface area contributed by atoms with Crippen LogP contribution in [0, 0.1) is 0 Å². The Morgan fingerprint density at radius 2 is 1.24 bits per heavy atom. The zero-order valence-corrected chi connectivity index (χ0v) is 12.9. The first-order valence-corrected chi connectivity index (χ1v) is 7.23. The Kier molecular flexibility index (Phi) is 6.00. The molecule has 0 aliphatic rings. The molecule has 128 valence electrons. The van der Waals surface area contributed by atoms with Gasteiger partial charge in [-0.25, -0.2) is 14.4 Å². The number of hydrogen-bond acceptors (Lipinski definition) is 6. The molecule has 25 heavy (non-hydrogen) atoms. The minimum absolute atomic E-state index is 0.104. The maximum absolute atomic E-state index is 12.0. The number of carboxylic acids is 1. The van der Waals surface area contributed by atoms with Gasteiger partial charge in [0, 0.05) is 0 Å². The number of aldehydes is 1. The van der Waals surface area contributed by atoms with Crippen molar-refractivity contribution >= 4 is 24.2 Å². The molecule has 2 aromatic rings. The molecule has 0 fully saturated rings. The first-order chi connectivity index (χ1) is 12.0. The summed E-state index contributed by atoms with van der Waals surface area (Å²) in [6.07, 6.45) is -3.63. The van der Waals surface area contributed by atoms with Gasteiger partial charge in [0.15, 0.2) is 6.29 Å². The topological polar surface area (TPSA) is 107 Å². The lowest BCUT2D eigenvalue weighted by atomic mass is 10.2. The predicted molar refractivity (Wildman–Crippen MR) is 85.0 cm³/mol. The molecule has 0 radical (unpaired) electrons. The third kappa shape index (κ3) is 4.74. The Balaban J connectivity index is 2.13. The van der Waals surface area contributed by atoms with Crippen LogP contribution in [0.15, 0.2) is 60.7 Å². The standard InChI is InChI=1S/C18H14O7/c19-11-14(24-17(22)12-7-3-1-4-8-12)15(16(20)21)25-18(23)13-9-5-2-6-10-13/h1-11,14-15H,(H,20,21)/t14-,15?/m1/s1. The molecule has 2 atom stereocenters. The second-order valence-corrected chi connectivity index (χ2v) is 4.90. The summed E-state index contributed by atoms with van der Waals surface area (Å²) < 4.78 is 9.72. The van der Waals surface area contributed by atoms with Gasteiger partial charge in [0.1, 0.15) is 0 Å². The van der Waals surface area contributed by atoms with E-state index in [2.05, 4.69) is 0 Å². The molecule has 7 nitrogen and oxygen atoms in total. The number of esters is 2. The van der Waals surface area contributed by atoms with Crippen molar-refractivity contribution in [2.45, 2.75) is 12.2 Å². The van der Waals surface area contributed by atoms with Crippen molar-refractivity contribution < 1.29 is 33.8 Å². The van der Waals surface area contributed by atoms with Crippen molar-refractivity contribution in [2.24, 2.45) is 0 Å². The van der Waals surface area contributed by atoms with Gasteiger partial charge in [0.2, 0.25) is 12.2 Å².